The summed E-state index contributed by atoms with van der Waals surface area (Å²) in [4.78, 5) is 11.6. The molecule has 0 aromatic rings. The molecule has 0 bridgehead atoms. The molecule has 7 nitrogen and oxygen atoms in total. The smallest absolute Gasteiger partial charge is 0.367 e. The number of fused-ring (bicyclic) bond motifs is 3. The van der Waals surface area contributed by atoms with E-state index in [1.54, 1.807) is 27.7 Å². The van der Waals surface area contributed by atoms with Gasteiger partial charge in [-0.3, -0.25) is 0 Å². The summed E-state index contributed by atoms with van der Waals surface area (Å²) in [5.74, 6) is -4.85. The van der Waals surface area contributed by atoms with Gasteiger partial charge in [-0.25, -0.2) is 4.79 Å². The van der Waals surface area contributed by atoms with Crippen LogP contribution in [-0.4, -0.2) is 53.4 Å². The van der Waals surface area contributed by atoms with Crippen molar-refractivity contribution in [2.75, 3.05) is 6.61 Å². The second-order valence-electron chi connectivity index (χ2n) is 5.96. The SMILES string of the molecule is CC1(C)OC[C@H]2O[C@@]3(C(=O)O)OC(C)(C)O[C@@H]3[C@H]2O1. The lowest BCUT2D eigenvalue weighted by Gasteiger charge is -2.38. The van der Waals surface area contributed by atoms with E-state index in [2.05, 4.69) is 0 Å². The molecule has 0 aromatic heterocycles. The molecule has 4 atom stereocenters. The van der Waals surface area contributed by atoms with Gasteiger partial charge in [0.25, 0.3) is 0 Å². The van der Waals surface area contributed by atoms with Crippen LogP contribution in [0.2, 0.25) is 0 Å². The Labute approximate surface area is 110 Å². The number of hydrogen-bond donors (Lipinski definition) is 1. The average molecular weight is 274 g/mol. The highest BCUT2D eigenvalue weighted by atomic mass is 16.9. The van der Waals surface area contributed by atoms with Crippen LogP contribution < -0.4 is 0 Å². The second-order valence-corrected chi connectivity index (χ2v) is 5.96. The number of ether oxygens (including phenoxy) is 5. The lowest BCUT2D eigenvalue weighted by Crippen LogP contribution is -2.52. The summed E-state index contributed by atoms with van der Waals surface area (Å²) in [6.45, 7) is 7.09. The molecule has 3 fully saturated rings. The minimum atomic E-state index is -1.82. The predicted octanol–water partition coefficient (Wildman–Crippen LogP) is 0.469. The maximum atomic E-state index is 11.6. The number of carbonyl (C=O) groups is 1. The van der Waals surface area contributed by atoms with E-state index in [0.717, 1.165) is 0 Å². The van der Waals surface area contributed by atoms with Crippen molar-refractivity contribution < 1.29 is 33.6 Å². The topological polar surface area (TPSA) is 83.5 Å². The van der Waals surface area contributed by atoms with Crippen molar-refractivity contribution in [3.05, 3.63) is 0 Å². The molecule has 3 saturated heterocycles. The Balaban J connectivity index is 1.94. The Morgan fingerprint density at radius 2 is 1.79 bits per heavy atom. The van der Waals surface area contributed by atoms with Gasteiger partial charge in [-0.05, 0) is 27.7 Å². The molecule has 19 heavy (non-hydrogen) atoms. The Bertz CT molecular complexity index is 418. The summed E-state index contributed by atoms with van der Waals surface area (Å²) in [7, 11) is 0. The summed E-state index contributed by atoms with van der Waals surface area (Å²) >= 11 is 0. The maximum absolute atomic E-state index is 11.6. The van der Waals surface area contributed by atoms with E-state index in [-0.39, 0.29) is 6.61 Å². The van der Waals surface area contributed by atoms with Crippen LogP contribution in [0.1, 0.15) is 27.7 Å². The van der Waals surface area contributed by atoms with Gasteiger partial charge >= 0.3 is 11.8 Å². The van der Waals surface area contributed by atoms with Gasteiger partial charge < -0.3 is 28.8 Å². The van der Waals surface area contributed by atoms with Gasteiger partial charge in [0.1, 0.15) is 12.2 Å². The van der Waals surface area contributed by atoms with Crippen LogP contribution in [0.25, 0.3) is 0 Å². The standard InChI is InChI=1S/C12H18O7/c1-10(2)15-5-6-7(17-10)8-12(16-6,9(13)14)19-11(3,4)18-8/h6-8H,5H2,1-4H3,(H,13,14)/t6-,7+,8-,12-/m1/s1. The largest absolute Gasteiger partial charge is 0.477 e. The maximum Gasteiger partial charge on any atom is 0.367 e. The third kappa shape index (κ3) is 1.88. The van der Waals surface area contributed by atoms with Crippen LogP contribution in [0.3, 0.4) is 0 Å². The molecule has 0 unspecified atom stereocenters. The molecule has 0 saturated carbocycles. The monoisotopic (exact) mass is 274 g/mol. The van der Waals surface area contributed by atoms with Crippen LogP contribution >= 0.6 is 0 Å². The molecule has 3 aliphatic heterocycles. The Morgan fingerprint density at radius 1 is 1.11 bits per heavy atom. The van der Waals surface area contributed by atoms with Crippen molar-refractivity contribution in [2.24, 2.45) is 0 Å². The molecule has 0 aliphatic carbocycles. The van der Waals surface area contributed by atoms with Crippen molar-refractivity contribution in [1.82, 2.24) is 0 Å². The van der Waals surface area contributed by atoms with Gasteiger partial charge in [0, 0.05) is 0 Å². The lowest BCUT2D eigenvalue weighted by molar-refractivity contribution is -0.325. The van der Waals surface area contributed by atoms with E-state index in [1.165, 1.54) is 0 Å². The van der Waals surface area contributed by atoms with Crippen LogP contribution in [0.4, 0.5) is 0 Å². The normalized spacial score (nSPS) is 46.6. The van der Waals surface area contributed by atoms with Crippen molar-refractivity contribution >= 4 is 5.97 Å². The molecule has 3 rings (SSSR count). The van der Waals surface area contributed by atoms with Gasteiger partial charge in [0.2, 0.25) is 0 Å². The van der Waals surface area contributed by atoms with Crippen LogP contribution in [0.15, 0.2) is 0 Å². The quantitative estimate of drug-likeness (QED) is 0.744. The van der Waals surface area contributed by atoms with E-state index in [4.69, 9.17) is 23.7 Å². The highest BCUT2D eigenvalue weighted by molar-refractivity contribution is 5.77. The minimum Gasteiger partial charge on any atom is -0.477 e. The number of hydrogen-bond acceptors (Lipinski definition) is 6. The van der Waals surface area contributed by atoms with Crippen LogP contribution in [0, 0.1) is 0 Å². The zero-order chi connectivity index (χ0) is 14.1. The third-order valence-corrected chi connectivity index (χ3v) is 3.49. The van der Waals surface area contributed by atoms with Gasteiger partial charge in [0.05, 0.1) is 6.61 Å². The number of aliphatic carboxylic acids is 1. The van der Waals surface area contributed by atoms with Gasteiger partial charge in [0.15, 0.2) is 17.7 Å². The summed E-state index contributed by atoms with van der Waals surface area (Å²) in [5, 5.41) is 9.46. The Kier molecular flexibility index (Phi) is 2.57. The molecule has 0 amide bonds. The molecule has 7 heteroatoms. The van der Waals surface area contributed by atoms with Crippen molar-refractivity contribution in [3.8, 4) is 0 Å². The van der Waals surface area contributed by atoms with E-state index < -0.39 is 41.6 Å². The molecule has 3 aliphatic rings. The first kappa shape index (κ1) is 13.3. The van der Waals surface area contributed by atoms with Crippen LogP contribution in [0.5, 0.6) is 0 Å². The molecule has 1 N–H and O–H groups in total. The van der Waals surface area contributed by atoms with E-state index >= 15 is 0 Å². The number of carboxylic acid groups (broad SMARTS) is 1. The first-order chi connectivity index (χ1) is 8.65. The number of carboxylic acids is 1. The molecule has 3 heterocycles. The molecular formula is C12H18O7. The molecule has 0 spiro atoms. The first-order valence-corrected chi connectivity index (χ1v) is 6.26. The van der Waals surface area contributed by atoms with Gasteiger partial charge in [-0.1, -0.05) is 0 Å². The van der Waals surface area contributed by atoms with E-state index in [1.807, 2.05) is 0 Å². The Morgan fingerprint density at radius 3 is 2.42 bits per heavy atom. The van der Waals surface area contributed by atoms with Crippen molar-refractivity contribution in [1.29, 1.82) is 0 Å². The van der Waals surface area contributed by atoms with E-state index in [9.17, 15) is 9.90 Å². The molecule has 108 valence electrons. The van der Waals surface area contributed by atoms with Crippen molar-refractivity contribution in [2.45, 2.75) is 63.4 Å². The fourth-order valence-corrected chi connectivity index (χ4v) is 2.82. The van der Waals surface area contributed by atoms with Crippen molar-refractivity contribution in [3.63, 3.8) is 0 Å². The Hall–Kier alpha value is -0.730. The molecular weight excluding hydrogens is 256 g/mol. The van der Waals surface area contributed by atoms with E-state index in [0.29, 0.717) is 0 Å². The van der Waals surface area contributed by atoms with Gasteiger partial charge in [-0.2, -0.15) is 0 Å². The van der Waals surface area contributed by atoms with Gasteiger partial charge in [-0.15, -0.1) is 0 Å². The molecule has 0 radical (unpaired) electrons. The average Bonchev–Trinajstić information content (AvgIpc) is 2.67. The zero-order valence-electron chi connectivity index (χ0n) is 11.3. The first-order valence-electron chi connectivity index (χ1n) is 6.26. The third-order valence-electron chi connectivity index (χ3n) is 3.49. The zero-order valence-corrected chi connectivity index (χ0v) is 11.3. The highest BCUT2D eigenvalue weighted by Crippen LogP contribution is 2.48. The summed E-state index contributed by atoms with van der Waals surface area (Å²) in [6.07, 6.45) is -1.85. The summed E-state index contributed by atoms with van der Waals surface area (Å²) in [5.41, 5.74) is 0. The summed E-state index contributed by atoms with van der Waals surface area (Å²) < 4.78 is 28.0. The minimum absolute atomic E-state index is 0.246. The highest BCUT2D eigenvalue weighted by Gasteiger charge is 2.71. The molecule has 0 aromatic carbocycles. The van der Waals surface area contributed by atoms with Crippen LogP contribution in [-0.2, 0) is 28.5 Å². The fraction of sp³-hybridized carbons (Fsp3) is 0.917. The fourth-order valence-electron chi connectivity index (χ4n) is 2.82. The second kappa shape index (κ2) is 3.67. The lowest BCUT2D eigenvalue weighted by atomic mass is 10.0. The number of rotatable bonds is 1. The summed E-state index contributed by atoms with van der Waals surface area (Å²) in [6, 6.07) is 0. The predicted molar refractivity (Wildman–Crippen MR) is 60.2 cm³/mol.